The monoisotopic (exact) mass is 201 g/mol. The molecule has 0 aliphatic carbocycles. The first-order chi connectivity index (χ1) is 7.28. The number of hydrogen-bond acceptors (Lipinski definition) is 1. The first-order valence-electron chi connectivity index (χ1n) is 4.96. The third kappa shape index (κ3) is 6.33. The van der Waals surface area contributed by atoms with Crippen molar-refractivity contribution in [3.8, 4) is 0 Å². The van der Waals surface area contributed by atoms with Crippen LogP contribution in [0, 0.1) is 0 Å². The van der Waals surface area contributed by atoms with Crippen LogP contribution in [0.1, 0.15) is 13.8 Å². The zero-order chi connectivity index (χ0) is 11.5. The Balaban J connectivity index is 4.52. The molecule has 0 heterocycles. The molecule has 0 bridgehead atoms. The molecule has 0 spiro atoms. The van der Waals surface area contributed by atoms with Crippen LogP contribution in [0.25, 0.3) is 0 Å². The van der Waals surface area contributed by atoms with Gasteiger partial charge in [0.05, 0.1) is 0 Å². The molecular weight excluding hydrogens is 182 g/mol. The van der Waals surface area contributed by atoms with Gasteiger partial charge < -0.3 is 5.32 Å². The van der Waals surface area contributed by atoms with Crippen LogP contribution in [-0.2, 0) is 0 Å². The Kier molecular flexibility index (Phi) is 7.79. The van der Waals surface area contributed by atoms with Gasteiger partial charge in [-0.25, -0.2) is 0 Å². The van der Waals surface area contributed by atoms with E-state index in [0.29, 0.717) is 0 Å². The van der Waals surface area contributed by atoms with E-state index in [4.69, 9.17) is 0 Å². The number of rotatable bonds is 6. The summed E-state index contributed by atoms with van der Waals surface area (Å²) in [6.07, 6.45) is 15.3. The largest absolute Gasteiger partial charge is 0.356 e. The van der Waals surface area contributed by atoms with Gasteiger partial charge >= 0.3 is 0 Å². The van der Waals surface area contributed by atoms with Crippen LogP contribution in [0.5, 0.6) is 0 Å². The molecule has 1 nitrogen and oxygen atoms in total. The van der Waals surface area contributed by atoms with Crippen molar-refractivity contribution in [2.75, 3.05) is 0 Å². The molecular formula is C14H19N. The quantitative estimate of drug-likeness (QED) is 0.643. The van der Waals surface area contributed by atoms with Gasteiger partial charge in [-0.1, -0.05) is 43.5 Å². The first-order valence-corrected chi connectivity index (χ1v) is 4.96. The van der Waals surface area contributed by atoms with Gasteiger partial charge in [0.2, 0.25) is 0 Å². The van der Waals surface area contributed by atoms with Gasteiger partial charge in [-0.05, 0) is 32.1 Å². The van der Waals surface area contributed by atoms with Crippen LogP contribution in [0.3, 0.4) is 0 Å². The van der Waals surface area contributed by atoms with Crippen LogP contribution in [0.4, 0.5) is 0 Å². The van der Waals surface area contributed by atoms with Crippen molar-refractivity contribution in [2.45, 2.75) is 13.8 Å². The van der Waals surface area contributed by atoms with Crippen LogP contribution >= 0.6 is 0 Å². The minimum Gasteiger partial charge on any atom is -0.356 e. The molecule has 0 saturated heterocycles. The molecule has 0 aliphatic heterocycles. The fourth-order valence-corrected chi connectivity index (χ4v) is 0.935. The molecule has 80 valence electrons. The number of nitrogens with one attached hydrogen (secondary N) is 1. The van der Waals surface area contributed by atoms with Gasteiger partial charge in [-0.15, -0.1) is 0 Å². The number of allylic oxidation sites excluding steroid dienone is 8. The highest BCUT2D eigenvalue weighted by molar-refractivity contribution is 5.29. The molecule has 0 fully saturated rings. The molecule has 1 heteroatoms. The van der Waals surface area contributed by atoms with Gasteiger partial charge in [0, 0.05) is 11.4 Å². The molecule has 0 amide bonds. The fourth-order valence-electron chi connectivity index (χ4n) is 0.935. The maximum atomic E-state index is 3.72. The lowest BCUT2D eigenvalue weighted by molar-refractivity contribution is 1.04. The molecule has 0 aromatic carbocycles. The van der Waals surface area contributed by atoms with Crippen molar-refractivity contribution in [2.24, 2.45) is 0 Å². The summed E-state index contributed by atoms with van der Waals surface area (Å²) in [5, 5.41) is 3.23. The van der Waals surface area contributed by atoms with Crippen molar-refractivity contribution in [3.63, 3.8) is 0 Å². The Morgan fingerprint density at radius 2 is 1.80 bits per heavy atom. The third-order valence-corrected chi connectivity index (χ3v) is 1.70. The summed E-state index contributed by atoms with van der Waals surface area (Å²) in [7, 11) is 0. The van der Waals surface area contributed by atoms with E-state index < -0.39 is 0 Å². The van der Waals surface area contributed by atoms with E-state index in [1.807, 2.05) is 50.3 Å². The molecule has 0 aliphatic rings. The van der Waals surface area contributed by atoms with Gasteiger partial charge in [-0.3, -0.25) is 0 Å². The minimum atomic E-state index is 0.934. The van der Waals surface area contributed by atoms with Gasteiger partial charge in [-0.2, -0.15) is 0 Å². The average molecular weight is 201 g/mol. The van der Waals surface area contributed by atoms with Crippen LogP contribution in [0.15, 0.2) is 73.2 Å². The average Bonchev–Trinajstić information content (AvgIpc) is 2.26. The predicted molar refractivity (Wildman–Crippen MR) is 69.3 cm³/mol. The molecule has 15 heavy (non-hydrogen) atoms. The Hall–Kier alpha value is -1.76. The second-order valence-electron chi connectivity index (χ2n) is 2.82. The highest BCUT2D eigenvalue weighted by Crippen LogP contribution is 1.99. The van der Waals surface area contributed by atoms with E-state index in [9.17, 15) is 0 Å². The van der Waals surface area contributed by atoms with Crippen molar-refractivity contribution in [1.29, 1.82) is 0 Å². The van der Waals surface area contributed by atoms with Crippen LogP contribution in [0.2, 0.25) is 0 Å². The lowest BCUT2D eigenvalue weighted by atomic mass is 10.3. The molecule has 0 unspecified atom stereocenters. The third-order valence-electron chi connectivity index (χ3n) is 1.70. The topological polar surface area (TPSA) is 12.0 Å². The Labute approximate surface area is 92.9 Å². The lowest BCUT2D eigenvalue weighted by Crippen LogP contribution is -2.08. The standard InChI is InChI=1S/C14H19N/c1-5-9-10-12-14(8-4)15-13(7-3)11-6-2/h5-12,15H,2-3H2,1,4H3/b9-5-,12-10-,13-11+,14-8+. The van der Waals surface area contributed by atoms with E-state index >= 15 is 0 Å². The summed E-state index contributed by atoms with van der Waals surface area (Å²) >= 11 is 0. The summed E-state index contributed by atoms with van der Waals surface area (Å²) < 4.78 is 0. The summed E-state index contributed by atoms with van der Waals surface area (Å²) in [5.74, 6) is 0. The maximum absolute atomic E-state index is 3.72. The van der Waals surface area contributed by atoms with Crippen molar-refractivity contribution in [3.05, 3.63) is 73.2 Å². The molecule has 0 aromatic heterocycles. The van der Waals surface area contributed by atoms with E-state index in [2.05, 4.69) is 18.5 Å². The fraction of sp³-hybridized carbons (Fsp3) is 0.143. The molecule has 0 saturated carbocycles. The predicted octanol–water partition coefficient (Wildman–Crippen LogP) is 3.87. The van der Waals surface area contributed by atoms with Crippen molar-refractivity contribution < 1.29 is 0 Å². The Morgan fingerprint density at radius 3 is 2.27 bits per heavy atom. The normalized spacial score (nSPS) is 13.5. The van der Waals surface area contributed by atoms with E-state index in [1.165, 1.54) is 0 Å². The van der Waals surface area contributed by atoms with Gasteiger partial charge in [0.15, 0.2) is 0 Å². The zero-order valence-corrected chi connectivity index (χ0v) is 9.53. The molecule has 0 radical (unpaired) electrons. The summed E-state index contributed by atoms with van der Waals surface area (Å²) in [6, 6.07) is 0. The Bertz CT molecular complexity index is 314. The van der Waals surface area contributed by atoms with Crippen LogP contribution in [-0.4, -0.2) is 0 Å². The summed E-state index contributed by atoms with van der Waals surface area (Å²) in [5.41, 5.74) is 1.96. The molecule has 0 aromatic rings. The summed E-state index contributed by atoms with van der Waals surface area (Å²) in [4.78, 5) is 0. The van der Waals surface area contributed by atoms with E-state index in [1.54, 1.807) is 12.2 Å². The van der Waals surface area contributed by atoms with E-state index in [-0.39, 0.29) is 0 Å². The first kappa shape index (κ1) is 13.2. The smallest absolute Gasteiger partial charge is 0.0377 e. The second kappa shape index (κ2) is 8.82. The van der Waals surface area contributed by atoms with E-state index in [0.717, 1.165) is 11.4 Å². The molecule has 0 rings (SSSR count). The van der Waals surface area contributed by atoms with Crippen molar-refractivity contribution >= 4 is 0 Å². The highest BCUT2D eigenvalue weighted by Gasteiger charge is 1.90. The van der Waals surface area contributed by atoms with Gasteiger partial charge in [0.25, 0.3) is 0 Å². The SMILES string of the molecule is C=C/C=C(\C=C)NC(/C=C\C=C/C)=C/C. The van der Waals surface area contributed by atoms with Crippen molar-refractivity contribution in [1.82, 2.24) is 5.32 Å². The second-order valence-corrected chi connectivity index (χ2v) is 2.82. The highest BCUT2D eigenvalue weighted by atomic mass is 14.9. The number of hydrogen-bond donors (Lipinski definition) is 1. The van der Waals surface area contributed by atoms with Crippen LogP contribution < -0.4 is 5.32 Å². The molecule has 1 N–H and O–H groups in total. The minimum absolute atomic E-state index is 0.934. The maximum Gasteiger partial charge on any atom is 0.0377 e. The zero-order valence-electron chi connectivity index (χ0n) is 9.53. The summed E-state index contributed by atoms with van der Waals surface area (Å²) in [6.45, 7) is 11.3. The van der Waals surface area contributed by atoms with Gasteiger partial charge in [0.1, 0.15) is 0 Å². The Morgan fingerprint density at radius 1 is 1.07 bits per heavy atom. The molecule has 0 atom stereocenters. The lowest BCUT2D eigenvalue weighted by Gasteiger charge is -2.06.